The largest absolute Gasteiger partial charge is 0.389 e. The van der Waals surface area contributed by atoms with Crippen LogP contribution in [-0.4, -0.2) is 0 Å². The van der Waals surface area contributed by atoms with Gasteiger partial charge in [-0.15, -0.1) is 11.3 Å². The van der Waals surface area contributed by atoms with E-state index in [0.29, 0.717) is 10.6 Å². The molecule has 0 aliphatic carbocycles. The van der Waals surface area contributed by atoms with Crippen LogP contribution < -0.4 is 5.73 Å². The second kappa shape index (κ2) is 3.50. The molecule has 0 radical (unpaired) electrons. The minimum atomic E-state index is 0.0264. The van der Waals surface area contributed by atoms with Gasteiger partial charge in [0.1, 0.15) is 11.1 Å². The first-order chi connectivity index (χ1) is 7.45. The molecule has 2 nitrogen and oxygen atoms in total. The van der Waals surface area contributed by atoms with Crippen molar-refractivity contribution >= 4 is 26.4 Å². The Morgan fingerprint density at radius 3 is 2.56 bits per heavy atom. The highest BCUT2D eigenvalue weighted by Gasteiger charge is 2.21. The third kappa shape index (κ3) is 1.56. The SMILES string of the molecule is CC(C)(C)c1cccc2sc(N)c(C#N)c12. The molecule has 0 unspecified atom stereocenters. The number of anilines is 1. The quantitative estimate of drug-likeness (QED) is 0.751. The number of nitrogen functional groups attached to an aromatic ring is 1. The first-order valence-corrected chi connectivity index (χ1v) is 5.98. The lowest BCUT2D eigenvalue weighted by Crippen LogP contribution is -2.11. The van der Waals surface area contributed by atoms with Crippen molar-refractivity contribution in [1.29, 1.82) is 5.26 Å². The third-order valence-corrected chi connectivity index (χ3v) is 3.65. The van der Waals surface area contributed by atoms with E-state index in [1.54, 1.807) is 0 Å². The fourth-order valence-corrected chi connectivity index (χ4v) is 2.85. The smallest absolute Gasteiger partial charge is 0.105 e. The molecule has 1 aromatic heterocycles. The van der Waals surface area contributed by atoms with Crippen LogP contribution >= 0.6 is 11.3 Å². The molecule has 1 aromatic carbocycles. The van der Waals surface area contributed by atoms with Gasteiger partial charge in [0, 0.05) is 10.1 Å². The molecule has 0 fully saturated rings. The molecule has 0 bridgehead atoms. The lowest BCUT2D eigenvalue weighted by atomic mass is 9.84. The number of hydrogen-bond donors (Lipinski definition) is 1. The Morgan fingerprint density at radius 2 is 2.00 bits per heavy atom. The summed E-state index contributed by atoms with van der Waals surface area (Å²) in [5.74, 6) is 0. The third-order valence-electron chi connectivity index (χ3n) is 2.66. The van der Waals surface area contributed by atoms with E-state index in [-0.39, 0.29) is 5.41 Å². The van der Waals surface area contributed by atoms with E-state index in [2.05, 4.69) is 32.9 Å². The Labute approximate surface area is 99.3 Å². The van der Waals surface area contributed by atoms with Gasteiger partial charge in [-0.3, -0.25) is 0 Å². The first-order valence-electron chi connectivity index (χ1n) is 5.16. The molecule has 2 N–H and O–H groups in total. The van der Waals surface area contributed by atoms with E-state index in [9.17, 15) is 5.26 Å². The van der Waals surface area contributed by atoms with Gasteiger partial charge in [0.2, 0.25) is 0 Å². The van der Waals surface area contributed by atoms with Gasteiger partial charge in [-0.1, -0.05) is 32.9 Å². The summed E-state index contributed by atoms with van der Waals surface area (Å²) < 4.78 is 1.10. The van der Waals surface area contributed by atoms with Gasteiger partial charge in [-0.2, -0.15) is 5.26 Å². The van der Waals surface area contributed by atoms with Gasteiger partial charge in [-0.05, 0) is 17.0 Å². The van der Waals surface area contributed by atoms with E-state index >= 15 is 0 Å². The fourth-order valence-electron chi connectivity index (χ4n) is 1.90. The number of thiophene rings is 1. The molecule has 3 heteroatoms. The van der Waals surface area contributed by atoms with Crippen molar-refractivity contribution < 1.29 is 0 Å². The minimum absolute atomic E-state index is 0.0264. The van der Waals surface area contributed by atoms with Crippen LogP contribution in [0.3, 0.4) is 0 Å². The summed E-state index contributed by atoms with van der Waals surface area (Å²) in [6.45, 7) is 6.45. The molecule has 0 atom stereocenters. The predicted octanol–water partition coefficient (Wildman–Crippen LogP) is 3.65. The van der Waals surface area contributed by atoms with Gasteiger partial charge in [-0.25, -0.2) is 0 Å². The second-order valence-electron chi connectivity index (χ2n) is 4.88. The fraction of sp³-hybridized carbons (Fsp3) is 0.308. The molecule has 82 valence electrons. The van der Waals surface area contributed by atoms with Crippen molar-refractivity contribution in [1.82, 2.24) is 0 Å². The molecule has 0 saturated carbocycles. The number of benzene rings is 1. The zero-order valence-electron chi connectivity index (χ0n) is 9.66. The molecule has 0 aliphatic rings. The first kappa shape index (κ1) is 11.0. The molecule has 0 amide bonds. The van der Waals surface area contributed by atoms with Gasteiger partial charge in [0.25, 0.3) is 0 Å². The Bertz CT molecular complexity index is 582. The molecule has 0 saturated heterocycles. The Morgan fingerprint density at radius 1 is 1.31 bits per heavy atom. The maximum absolute atomic E-state index is 9.17. The molecular weight excluding hydrogens is 216 g/mol. The lowest BCUT2D eigenvalue weighted by Gasteiger charge is -2.20. The number of fused-ring (bicyclic) bond motifs is 1. The molecule has 0 spiro atoms. The number of rotatable bonds is 0. The summed E-state index contributed by atoms with van der Waals surface area (Å²) >= 11 is 1.49. The highest BCUT2D eigenvalue weighted by Crippen LogP contribution is 2.39. The van der Waals surface area contributed by atoms with Crippen molar-refractivity contribution in [2.45, 2.75) is 26.2 Å². The normalized spacial score (nSPS) is 11.6. The van der Waals surface area contributed by atoms with Crippen LogP contribution in [0.2, 0.25) is 0 Å². The minimum Gasteiger partial charge on any atom is -0.389 e. The zero-order valence-corrected chi connectivity index (χ0v) is 10.5. The van der Waals surface area contributed by atoms with Crippen molar-refractivity contribution in [3.63, 3.8) is 0 Å². The van der Waals surface area contributed by atoms with Crippen molar-refractivity contribution in [2.24, 2.45) is 0 Å². The van der Waals surface area contributed by atoms with Crippen LogP contribution in [0.5, 0.6) is 0 Å². The van der Waals surface area contributed by atoms with E-state index < -0.39 is 0 Å². The highest BCUT2D eigenvalue weighted by atomic mass is 32.1. The number of nitrogens with two attached hydrogens (primary N) is 1. The van der Waals surface area contributed by atoms with Crippen LogP contribution in [-0.2, 0) is 5.41 Å². The number of nitriles is 1. The van der Waals surface area contributed by atoms with Crippen LogP contribution in [0, 0.1) is 11.3 Å². The second-order valence-corrected chi connectivity index (χ2v) is 5.97. The van der Waals surface area contributed by atoms with E-state index in [4.69, 9.17) is 5.73 Å². The Balaban J connectivity index is 2.92. The van der Waals surface area contributed by atoms with Crippen LogP contribution in [0.15, 0.2) is 18.2 Å². The van der Waals surface area contributed by atoms with Gasteiger partial charge in [0.15, 0.2) is 0 Å². The molecule has 2 aromatic rings. The number of nitrogens with zero attached hydrogens (tertiary/aromatic N) is 1. The van der Waals surface area contributed by atoms with E-state index in [1.807, 2.05) is 12.1 Å². The standard InChI is InChI=1S/C13H14N2S/c1-13(2,3)9-5-4-6-10-11(9)8(7-14)12(15)16-10/h4-6H,15H2,1-3H3. The molecule has 0 aliphatic heterocycles. The summed E-state index contributed by atoms with van der Waals surface area (Å²) in [5.41, 5.74) is 7.72. The van der Waals surface area contributed by atoms with Gasteiger partial charge in [0.05, 0.1) is 5.56 Å². The average molecular weight is 230 g/mol. The Kier molecular flexibility index (Phi) is 2.40. The maximum atomic E-state index is 9.17. The van der Waals surface area contributed by atoms with Gasteiger partial charge < -0.3 is 5.73 Å². The number of hydrogen-bond acceptors (Lipinski definition) is 3. The van der Waals surface area contributed by atoms with Crippen molar-refractivity contribution in [2.75, 3.05) is 5.73 Å². The van der Waals surface area contributed by atoms with Crippen molar-refractivity contribution in [3.05, 3.63) is 29.3 Å². The van der Waals surface area contributed by atoms with E-state index in [0.717, 1.165) is 10.1 Å². The summed E-state index contributed by atoms with van der Waals surface area (Å²) in [4.78, 5) is 0. The van der Waals surface area contributed by atoms with Crippen LogP contribution in [0.4, 0.5) is 5.00 Å². The molecule has 2 rings (SSSR count). The summed E-state index contributed by atoms with van der Waals surface area (Å²) in [7, 11) is 0. The lowest BCUT2D eigenvalue weighted by molar-refractivity contribution is 0.596. The van der Waals surface area contributed by atoms with Crippen molar-refractivity contribution in [3.8, 4) is 6.07 Å². The van der Waals surface area contributed by atoms with E-state index in [1.165, 1.54) is 16.9 Å². The monoisotopic (exact) mass is 230 g/mol. The summed E-state index contributed by atoms with van der Waals surface area (Å²) in [6.07, 6.45) is 0. The Hall–Kier alpha value is -1.53. The predicted molar refractivity (Wildman–Crippen MR) is 69.7 cm³/mol. The van der Waals surface area contributed by atoms with Gasteiger partial charge >= 0.3 is 0 Å². The molecule has 1 heterocycles. The topological polar surface area (TPSA) is 49.8 Å². The maximum Gasteiger partial charge on any atom is 0.105 e. The molecule has 16 heavy (non-hydrogen) atoms. The highest BCUT2D eigenvalue weighted by molar-refractivity contribution is 7.23. The average Bonchev–Trinajstić information content (AvgIpc) is 2.51. The molecular formula is C13H14N2S. The van der Waals surface area contributed by atoms with Crippen LogP contribution in [0.25, 0.3) is 10.1 Å². The summed E-state index contributed by atoms with van der Waals surface area (Å²) in [5, 5.41) is 10.8. The summed E-state index contributed by atoms with van der Waals surface area (Å²) in [6, 6.07) is 8.34. The zero-order chi connectivity index (χ0) is 11.9. The van der Waals surface area contributed by atoms with Crippen LogP contribution in [0.1, 0.15) is 31.9 Å².